The number of anilines is 2. The molecule has 2 atom stereocenters. The van der Waals surface area contributed by atoms with Crippen LogP contribution in [0, 0.1) is 0 Å². The summed E-state index contributed by atoms with van der Waals surface area (Å²) in [6, 6.07) is 5.71. The smallest absolute Gasteiger partial charge is 0.338 e. The molecular weight excluding hydrogens is 284 g/mol. The molecule has 1 aromatic carbocycles. The molecule has 5 heteroatoms. The Bertz CT molecular complexity index is 493. The second-order valence-electron chi connectivity index (χ2n) is 5.20. The zero-order chi connectivity index (χ0) is 15.2. The Morgan fingerprint density at radius 3 is 2.95 bits per heavy atom. The van der Waals surface area contributed by atoms with Crippen molar-refractivity contribution in [3.8, 4) is 0 Å². The second-order valence-corrected chi connectivity index (χ2v) is 6.71. The first-order chi connectivity index (χ1) is 10.2. The van der Waals surface area contributed by atoms with Crippen LogP contribution in [0.5, 0.6) is 0 Å². The molecule has 1 aromatic rings. The van der Waals surface area contributed by atoms with Crippen molar-refractivity contribution in [3.05, 3.63) is 23.8 Å². The molecule has 21 heavy (non-hydrogen) atoms. The van der Waals surface area contributed by atoms with Crippen molar-refractivity contribution in [3.63, 3.8) is 0 Å². The highest BCUT2D eigenvalue weighted by molar-refractivity contribution is 7.99. The third kappa shape index (κ3) is 4.06. The van der Waals surface area contributed by atoms with Gasteiger partial charge >= 0.3 is 5.97 Å². The summed E-state index contributed by atoms with van der Waals surface area (Å²) < 4.78 is 5.04. The van der Waals surface area contributed by atoms with Gasteiger partial charge in [0.05, 0.1) is 23.5 Å². The average molecular weight is 308 g/mol. The summed E-state index contributed by atoms with van der Waals surface area (Å²) in [5.74, 6) is 0.827. The van der Waals surface area contributed by atoms with Gasteiger partial charge in [-0.2, -0.15) is 11.8 Å². The molecule has 1 saturated carbocycles. The van der Waals surface area contributed by atoms with Crippen LogP contribution in [0.1, 0.15) is 43.5 Å². The van der Waals surface area contributed by atoms with Crippen LogP contribution < -0.4 is 11.1 Å². The number of carbonyl (C=O) groups is 1. The summed E-state index contributed by atoms with van der Waals surface area (Å²) in [5, 5.41) is 4.15. The minimum atomic E-state index is -0.300. The number of esters is 1. The molecule has 1 fully saturated rings. The van der Waals surface area contributed by atoms with Crippen molar-refractivity contribution in [2.24, 2.45) is 0 Å². The molecule has 1 aliphatic carbocycles. The predicted molar refractivity (Wildman–Crippen MR) is 90.0 cm³/mol. The average Bonchev–Trinajstić information content (AvgIpc) is 2.89. The Morgan fingerprint density at radius 1 is 1.43 bits per heavy atom. The lowest BCUT2D eigenvalue weighted by atomic mass is 10.1. The number of thioether (sulfide) groups is 1. The molecule has 116 valence electrons. The minimum Gasteiger partial charge on any atom is -0.462 e. The van der Waals surface area contributed by atoms with E-state index in [0.717, 1.165) is 17.9 Å². The van der Waals surface area contributed by atoms with Gasteiger partial charge in [0.2, 0.25) is 0 Å². The molecule has 2 rings (SSSR count). The number of rotatable bonds is 6. The largest absolute Gasteiger partial charge is 0.462 e. The monoisotopic (exact) mass is 308 g/mol. The van der Waals surface area contributed by atoms with Gasteiger partial charge in [-0.3, -0.25) is 0 Å². The molecule has 1 aliphatic rings. The number of nitrogens with two attached hydrogens (primary N) is 1. The van der Waals surface area contributed by atoms with Crippen LogP contribution >= 0.6 is 11.8 Å². The number of carbonyl (C=O) groups excluding carboxylic acids is 1. The van der Waals surface area contributed by atoms with Crippen molar-refractivity contribution in [2.75, 3.05) is 23.4 Å². The van der Waals surface area contributed by atoms with Crippen molar-refractivity contribution in [1.29, 1.82) is 0 Å². The topological polar surface area (TPSA) is 64.3 Å². The molecule has 0 heterocycles. The van der Waals surface area contributed by atoms with Gasteiger partial charge in [-0.25, -0.2) is 4.79 Å². The molecule has 0 aliphatic heterocycles. The zero-order valence-electron chi connectivity index (χ0n) is 12.7. The van der Waals surface area contributed by atoms with E-state index in [1.165, 1.54) is 12.8 Å². The number of nitrogen functional groups attached to an aromatic ring is 1. The van der Waals surface area contributed by atoms with E-state index in [1.54, 1.807) is 25.1 Å². The third-order valence-electron chi connectivity index (χ3n) is 3.74. The van der Waals surface area contributed by atoms with Crippen molar-refractivity contribution in [2.45, 2.75) is 44.4 Å². The van der Waals surface area contributed by atoms with E-state index in [9.17, 15) is 4.79 Å². The Kier molecular flexibility index (Phi) is 5.79. The van der Waals surface area contributed by atoms with Gasteiger partial charge in [-0.05, 0) is 43.7 Å². The van der Waals surface area contributed by atoms with Crippen LogP contribution in [-0.2, 0) is 4.74 Å². The molecule has 0 bridgehead atoms. The van der Waals surface area contributed by atoms with E-state index in [2.05, 4.69) is 12.2 Å². The number of hydrogen-bond acceptors (Lipinski definition) is 5. The summed E-state index contributed by atoms with van der Waals surface area (Å²) in [5.41, 5.74) is 8.11. The first-order valence-electron chi connectivity index (χ1n) is 7.60. The standard InChI is InChI=1S/C16H24N2O2S/c1-3-20-16(19)11-8-9-12(17)14(10-11)18-13-6-5-7-15(13)21-4-2/h8-10,13,15,18H,3-7,17H2,1-2H3. The number of hydrogen-bond donors (Lipinski definition) is 2. The lowest BCUT2D eigenvalue weighted by molar-refractivity contribution is 0.0526. The summed E-state index contributed by atoms with van der Waals surface area (Å²) in [4.78, 5) is 11.8. The Balaban J connectivity index is 2.11. The van der Waals surface area contributed by atoms with E-state index in [0.29, 0.717) is 29.1 Å². The lowest BCUT2D eigenvalue weighted by Crippen LogP contribution is -2.26. The van der Waals surface area contributed by atoms with Gasteiger partial charge in [-0.1, -0.05) is 13.3 Å². The third-order valence-corrected chi connectivity index (χ3v) is 5.06. The quantitative estimate of drug-likeness (QED) is 0.622. The molecule has 2 unspecified atom stereocenters. The lowest BCUT2D eigenvalue weighted by Gasteiger charge is -2.22. The van der Waals surface area contributed by atoms with Crippen LogP contribution in [-0.4, -0.2) is 29.6 Å². The van der Waals surface area contributed by atoms with E-state index in [4.69, 9.17) is 10.5 Å². The van der Waals surface area contributed by atoms with Crippen LogP contribution in [0.2, 0.25) is 0 Å². The fourth-order valence-corrected chi connectivity index (χ4v) is 3.93. The summed E-state index contributed by atoms with van der Waals surface area (Å²) in [6.45, 7) is 4.37. The zero-order valence-corrected chi connectivity index (χ0v) is 13.5. The highest BCUT2D eigenvalue weighted by Crippen LogP contribution is 2.33. The molecule has 0 spiro atoms. The fraction of sp³-hybridized carbons (Fsp3) is 0.562. The maximum atomic E-state index is 11.8. The van der Waals surface area contributed by atoms with Crippen LogP contribution in [0.15, 0.2) is 18.2 Å². The maximum Gasteiger partial charge on any atom is 0.338 e. The molecule has 0 saturated heterocycles. The fourth-order valence-electron chi connectivity index (χ4n) is 2.73. The van der Waals surface area contributed by atoms with E-state index < -0.39 is 0 Å². The first kappa shape index (κ1) is 16.0. The van der Waals surface area contributed by atoms with Gasteiger partial charge in [0.1, 0.15) is 0 Å². The molecule has 4 nitrogen and oxygen atoms in total. The molecule has 0 aromatic heterocycles. The minimum absolute atomic E-state index is 0.300. The molecule has 0 radical (unpaired) electrons. The van der Waals surface area contributed by atoms with Gasteiger partial charge in [0.25, 0.3) is 0 Å². The normalized spacial score (nSPS) is 21.2. The number of ether oxygens (including phenoxy) is 1. The van der Waals surface area contributed by atoms with Crippen molar-refractivity contribution < 1.29 is 9.53 Å². The van der Waals surface area contributed by atoms with Crippen LogP contribution in [0.4, 0.5) is 11.4 Å². The Labute approximate surface area is 130 Å². The van der Waals surface area contributed by atoms with Gasteiger partial charge in [-0.15, -0.1) is 0 Å². The van der Waals surface area contributed by atoms with Crippen LogP contribution in [0.3, 0.4) is 0 Å². The summed E-state index contributed by atoms with van der Waals surface area (Å²) in [7, 11) is 0. The SMILES string of the molecule is CCOC(=O)c1ccc(N)c(NC2CCCC2SCC)c1. The summed E-state index contributed by atoms with van der Waals surface area (Å²) in [6.07, 6.45) is 3.64. The highest BCUT2D eigenvalue weighted by atomic mass is 32.2. The predicted octanol–water partition coefficient (Wildman–Crippen LogP) is 3.53. The molecule has 3 N–H and O–H groups in total. The maximum absolute atomic E-state index is 11.8. The Morgan fingerprint density at radius 2 is 2.24 bits per heavy atom. The van der Waals surface area contributed by atoms with E-state index in [-0.39, 0.29) is 5.97 Å². The van der Waals surface area contributed by atoms with Crippen molar-refractivity contribution >= 4 is 29.1 Å². The van der Waals surface area contributed by atoms with Crippen LogP contribution in [0.25, 0.3) is 0 Å². The summed E-state index contributed by atoms with van der Waals surface area (Å²) >= 11 is 2.00. The second kappa shape index (κ2) is 7.59. The van der Waals surface area contributed by atoms with Gasteiger partial charge in [0, 0.05) is 11.3 Å². The number of benzene rings is 1. The first-order valence-corrected chi connectivity index (χ1v) is 8.65. The van der Waals surface area contributed by atoms with E-state index in [1.807, 2.05) is 11.8 Å². The highest BCUT2D eigenvalue weighted by Gasteiger charge is 2.27. The van der Waals surface area contributed by atoms with Crippen molar-refractivity contribution in [1.82, 2.24) is 0 Å². The Hall–Kier alpha value is -1.36. The van der Waals surface area contributed by atoms with Gasteiger partial charge in [0.15, 0.2) is 0 Å². The van der Waals surface area contributed by atoms with Gasteiger partial charge < -0.3 is 15.8 Å². The number of nitrogens with one attached hydrogen (secondary N) is 1. The molecular formula is C16H24N2O2S. The van der Waals surface area contributed by atoms with E-state index >= 15 is 0 Å². The molecule has 0 amide bonds.